The first-order valence-electron chi connectivity index (χ1n) is 13.1. The van der Waals surface area contributed by atoms with Crippen molar-refractivity contribution in [1.29, 1.82) is 0 Å². The third-order valence-electron chi connectivity index (χ3n) is 8.90. The number of carboxylic acid groups (broad SMARTS) is 2. The molecule has 3 saturated heterocycles. The van der Waals surface area contributed by atoms with Gasteiger partial charge in [-0.1, -0.05) is 12.1 Å². The zero-order chi connectivity index (χ0) is 26.4. The Balaban J connectivity index is 1.28. The first kappa shape index (κ1) is 26.1. The average molecular weight is 517 g/mol. The smallest absolute Gasteiger partial charge is 0.333 e. The van der Waals surface area contributed by atoms with Gasteiger partial charge in [0, 0.05) is 57.0 Å². The number of rotatable bonds is 10. The van der Waals surface area contributed by atoms with Gasteiger partial charge in [0.1, 0.15) is 5.60 Å². The molecule has 3 unspecified atom stereocenters. The lowest BCUT2D eigenvalue weighted by Gasteiger charge is -2.49. The topological polar surface area (TPSA) is 149 Å². The highest BCUT2D eigenvalue weighted by atomic mass is 16.7. The Hall–Kier alpha value is -2.53. The van der Waals surface area contributed by atoms with Crippen molar-refractivity contribution in [3.63, 3.8) is 0 Å². The van der Waals surface area contributed by atoms with Gasteiger partial charge < -0.3 is 35.1 Å². The molecule has 1 saturated carbocycles. The van der Waals surface area contributed by atoms with E-state index in [4.69, 9.17) is 25.1 Å². The van der Waals surface area contributed by atoms with Crippen molar-refractivity contribution in [2.45, 2.75) is 68.5 Å². The number of methoxy groups -OCH3 is 1. The van der Waals surface area contributed by atoms with Crippen LogP contribution in [0, 0.1) is 17.8 Å². The van der Waals surface area contributed by atoms with Gasteiger partial charge in [-0.3, -0.25) is 9.59 Å². The molecule has 6 atom stereocenters. The lowest BCUT2D eigenvalue weighted by atomic mass is 9.74. The van der Waals surface area contributed by atoms with Crippen LogP contribution in [0.25, 0.3) is 0 Å². The Bertz CT molecular complexity index is 1050. The van der Waals surface area contributed by atoms with Crippen LogP contribution < -0.4 is 5.73 Å². The molecule has 3 aliphatic heterocycles. The number of aliphatic carboxylic acids is 2. The van der Waals surface area contributed by atoms with Crippen LogP contribution in [-0.4, -0.2) is 77.7 Å². The summed E-state index contributed by atoms with van der Waals surface area (Å²) in [5, 5.41) is 18.6. The van der Waals surface area contributed by atoms with E-state index >= 15 is 0 Å². The second kappa shape index (κ2) is 9.98. The molecule has 10 heteroatoms. The molecule has 1 aromatic rings. The summed E-state index contributed by atoms with van der Waals surface area (Å²) in [5.74, 6) is -3.18. The van der Waals surface area contributed by atoms with Crippen LogP contribution in [0.2, 0.25) is 0 Å². The number of carboxylic acids is 2. The van der Waals surface area contributed by atoms with E-state index in [-0.39, 0.29) is 23.9 Å². The van der Waals surface area contributed by atoms with E-state index in [1.807, 2.05) is 18.2 Å². The number of nitrogens with zero attached hydrogens (tertiary/aromatic N) is 1. The summed E-state index contributed by atoms with van der Waals surface area (Å²) in [6.07, 6.45) is 2.83. The van der Waals surface area contributed by atoms with E-state index in [0.717, 1.165) is 50.9 Å². The largest absolute Gasteiger partial charge is 0.481 e. The number of carbonyl (C=O) groups excluding carboxylic acids is 1. The van der Waals surface area contributed by atoms with Gasteiger partial charge >= 0.3 is 11.9 Å². The maximum absolute atomic E-state index is 11.8. The van der Waals surface area contributed by atoms with Crippen molar-refractivity contribution in [3.05, 3.63) is 35.4 Å². The van der Waals surface area contributed by atoms with Crippen molar-refractivity contribution in [1.82, 2.24) is 4.90 Å². The highest BCUT2D eigenvalue weighted by Crippen LogP contribution is 2.54. The van der Waals surface area contributed by atoms with E-state index in [1.165, 1.54) is 0 Å². The summed E-state index contributed by atoms with van der Waals surface area (Å²) in [6.45, 7) is 2.56. The molecule has 37 heavy (non-hydrogen) atoms. The molecule has 4 N–H and O–H groups in total. The van der Waals surface area contributed by atoms with Gasteiger partial charge in [-0.2, -0.15) is 0 Å². The zero-order valence-electron chi connectivity index (χ0n) is 21.1. The summed E-state index contributed by atoms with van der Waals surface area (Å²) in [5.41, 5.74) is 6.59. The second-order valence-electron chi connectivity index (χ2n) is 11.2. The number of nitrogens with two attached hydrogens (primary N) is 1. The molecule has 0 aromatic heterocycles. The molecule has 0 spiro atoms. The minimum Gasteiger partial charge on any atom is -0.481 e. The van der Waals surface area contributed by atoms with Gasteiger partial charge in [-0.25, -0.2) is 4.79 Å². The predicted octanol–water partition coefficient (Wildman–Crippen LogP) is 2.20. The second-order valence-corrected chi connectivity index (χ2v) is 11.2. The quantitative estimate of drug-likeness (QED) is 0.425. The summed E-state index contributed by atoms with van der Waals surface area (Å²) in [7, 11) is 1.76. The number of carbonyl (C=O) groups is 3. The maximum atomic E-state index is 11.8. The van der Waals surface area contributed by atoms with Crippen LogP contribution >= 0.6 is 0 Å². The number of hydrogen-bond acceptors (Lipinski definition) is 7. The molecule has 202 valence electrons. The van der Waals surface area contributed by atoms with Gasteiger partial charge in [0.25, 0.3) is 0 Å². The number of ether oxygens (including phenoxy) is 3. The maximum Gasteiger partial charge on any atom is 0.333 e. The molecule has 3 heterocycles. The Kier molecular flexibility index (Phi) is 7.04. The first-order valence-corrected chi connectivity index (χ1v) is 13.1. The molecular weight excluding hydrogens is 480 g/mol. The lowest BCUT2D eigenvalue weighted by Crippen LogP contribution is -2.54. The SMILES string of the molecule is COC1(c2cccc(C(N)=O)c2)C2CCC1CN(C[C@H]1C[C@H]3CC[C@@](OC(CC(=O)O)C(=O)O)(C1)O3)C2. The van der Waals surface area contributed by atoms with Crippen LogP contribution in [-0.2, 0) is 29.4 Å². The molecule has 4 fully saturated rings. The van der Waals surface area contributed by atoms with Crippen molar-refractivity contribution < 1.29 is 38.8 Å². The van der Waals surface area contributed by atoms with E-state index in [1.54, 1.807) is 13.2 Å². The Morgan fingerprint density at radius 3 is 2.54 bits per heavy atom. The molecule has 5 rings (SSSR count). The van der Waals surface area contributed by atoms with Crippen molar-refractivity contribution in [3.8, 4) is 0 Å². The van der Waals surface area contributed by atoms with Crippen molar-refractivity contribution in [2.75, 3.05) is 26.7 Å². The zero-order valence-corrected chi connectivity index (χ0v) is 21.1. The van der Waals surface area contributed by atoms with Crippen LogP contribution in [0.4, 0.5) is 0 Å². The number of benzene rings is 1. The van der Waals surface area contributed by atoms with Crippen LogP contribution in [0.15, 0.2) is 24.3 Å². The Morgan fingerprint density at radius 1 is 1.19 bits per heavy atom. The molecule has 10 nitrogen and oxygen atoms in total. The Morgan fingerprint density at radius 2 is 1.92 bits per heavy atom. The molecule has 1 aromatic carbocycles. The van der Waals surface area contributed by atoms with Crippen LogP contribution in [0.1, 0.15) is 60.9 Å². The fourth-order valence-corrected chi connectivity index (χ4v) is 7.55. The number of amides is 1. The third kappa shape index (κ3) is 4.87. The molecule has 1 aliphatic carbocycles. The van der Waals surface area contributed by atoms with Gasteiger partial charge in [0.05, 0.1) is 12.5 Å². The highest BCUT2D eigenvalue weighted by molar-refractivity contribution is 5.93. The van der Waals surface area contributed by atoms with Gasteiger partial charge in [-0.15, -0.1) is 0 Å². The summed E-state index contributed by atoms with van der Waals surface area (Å²) in [4.78, 5) is 37.1. The Labute approximate surface area is 216 Å². The fourth-order valence-electron chi connectivity index (χ4n) is 7.55. The number of likely N-dealkylation sites (tertiary alicyclic amines) is 1. The lowest BCUT2D eigenvalue weighted by molar-refractivity contribution is -0.276. The predicted molar refractivity (Wildman–Crippen MR) is 131 cm³/mol. The molecule has 0 radical (unpaired) electrons. The van der Waals surface area contributed by atoms with E-state index in [0.29, 0.717) is 18.4 Å². The average Bonchev–Trinajstić information content (AvgIpc) is 3.25. The number of fused-ring (bicyclic) bond motifs is 4. The minimum absolute atomic E-state index is 0.00543. The fraction of sp³-hybridized carbons (Fsp3) is 0.667. The molecule has 4 aliphatic rings. The van der Waals surface area contributed by atoms with Crippen molar-refractivity contribution in [2.24, 2.45) is 23.5 Å². The van der Waals surface area contributed by atoms with E-state index < -0.39 is 41.8 Å². The first-order chi connectivity index (χ1) is 17.6. The minimum atomic E-state index is -1.43. The monoisotopic (exact) mass is 516 g/mol. The van der Waals surface area contributed by atoms with Gasteiger partial charge in [-0.05, 0) is 49.3 Å². The standard InChI is InChI=1S/C27H36N2O8/c1-35-27(18-4-2-3-17(10-18)24(28)32)19-5-6-20(27)15-29(14-19)13-16-9-21-7-8-26(12-16,36-21)37-22(25(33)34)11-23(30)31/h2-4,10,16,19-22H,5-9,11-15H2,1H3,(H2,28,32)(H,30,31)(H,33,34)/t16-,19?,20?,21+,22?,26+,27?/m0/s1. The molecule has 1 amide bonds. The normalized spacial score (nSPS) is 35.8. The highest BCUT2D eigenvalue weighted by Gasteiger charge is 2.56. The molecular formula is C27H36N2O8. The summed E-state index contributed by atoms with van der Waals surface area (Å²) < 4.78 is 18.2. The summed E-state index contributed by atoms with van der Waals surface area (Å²) in [6, 6.07) is 7.51. The van der Waals surface area contributed by atoms with Crippen LogP contribution in [0.3, 0.4) is 0 Å². The summed E-state index contributed by atoms with van der Waals surface area (Å²) >= 11 is 0. The number of piperidine rings is 1. The van der Waals surface area contributed by atoms with E-state index in [2.05, 4.69) is 4.90 Å². The molecule has 4 bridgehead atoms. The van der Waals surface area contributed by atoms with Crippen molar-refractivity contribution >= 4 is 17.8 Å². The van der Waals surface area contributed by atoms with Gasteiger partial charge in [0.15, 0.2) is 11.9 Å². The third-order valence-corrected chi connectivity index (χ3v) is 8.90. The van der Waals surface area contributed by atoms with Crippen LogP contribution in [0.5, 0.6) is 0 Å². The number of hydrogen-bond donors (Lipinski definition) is 3. The van der Waals surface area contributed by atoms with Gasteiger partial charge in [0.2, 0.25) is 5.91 Å². The number of primary amides is 1. The van der Waals surface area contributed by atoms with E-state index in [9.17, 15) is 19.5 Å².